The van der Waals surface area contributed by atoms with Crippen molar-refractivity contribution in [3.63, 3.8) is 0 Å². The first-order valence-electron chi connectivity index (χ1n) is 9.65. The zero-order valence-corrected chi connectivity index (χ0v) is 16.5. The van der Waals surface area contributed by atoms with Crippen molar-refractivity contribution < 1.29 is 32.5 Å². The lowest BCUT2D eigenvalue weighted by atomic mass is 10.1. The summed E-state index contributed by atoms with van der Waals surface area (Å²) in [6.07, 6.45) is -3.01. The number of hydrogen-bond acceptors (Lipinski definition) is 4. The van der Waals surface area contributed by atoms with Gasteiger partial charge >= 0.3 is 6.18 Å². The van der Waals surface area contributed by atoms with Gasteiger partial charge in [0.15, 0.2) is 12.4 Å². The molecule has 3 rings (SSSR count). The summed E-state index contributed by atoms with van der Waals surface area (Å²) >= 11 is 0. The number of Topliss-reactive ketones (excluding diaryl/α,β-unsaturated/α-hetero) is 1. The SMILES string of the molecule is CCC(=O)c1ccc(OCC(=O)N2CCN(c3ccc(C(F)(F)F)c[nH+]3)CC2)cc1. The molecule has 6 nitrogen and oxygen atoms in total. The molecule has 9 heteroatoms. The Bertz CT molecular complexity index is 875. The van der Waals surface area contributed by atoms with Crippen molar-refractivity contribution in [1.82, 2.24) is 4.90 Å². The van der Waals surface area contributed by atoms with Crippen molar-refractivity contribution in [3.8, 4) is 5.75 Å². The third-order valence-corrected chi connectivity index (χ3v) is 4.96. The van der Waals surface area contributed by atoms with E-state index in [1.165, 1.54) is 6.07 Å². The fourth-order valence-corrected chi connectivity index (χ4v) is 3.16. The number of alkyl halides is 3. The van der Waals surface area contributed by atoms with E-state index < -0.39 is 11.7 Å². The maximum absolute atomic E-state index is 12.7. The van der Waals surface area contributed by atoms with Gasteiger partial charge in [0.2, 0.25) is 0 Å². The van der Waals surface area contributed by atoms with Crippen LogP contribution >= 0.6 is 0 Å². The van der Waals surface area contributed by atoms with E-state index in [0.29, 0.717) is 49.7 Å². The molecular weight excluding hydrogens is 399 g/mol. The predicted octanol–water partition coefficient (Wildman–Crippen LogP) is 2.84. The fraction of sp³-hybridized carbons (Fsp3) is 0.381. The lowest BCUT2D eigenvalue weighted by molar-refractivity contribution is -0.367. The Morgan fingerprint density at radius 2 is 1.70 bits per heavy atom. The number of nitrogens with one attached hydrogen (secondary N) is 1. The van der Waals surface area contributed by atoms with Crippen LogP contribution in [0.3, 0.4) is 0 Å². The van der Waals surface area contributed by atoms with Crippen molar-refractivity contribution in [2.24, 2.45) is 0 Å². The second-order valence-corrected chi connectivity index (χ2v) is 6.92. The van der Waals surface area contributed by atoms with Crippen LogP contribution in [0.2, 0.25) is 0 Å². The molecule has 2 aromatic rings. The molecule has 1 aliphatic heterocycles. The fourth-order valence-electron chi connectivity index (χ4n) is 3.16. The molecule has 1 aromatic heterocycles. The van der Waals surface area contributed by atoms with Gasteiger partial charge in [-0.2, -0.15) is 13.2 Å². The molecule has 1 saturated heterocycles. The van der Waals surface area contributed by atoms with Crippen molar-refractivity contribution in [3.05, 3.63) is 53.7 Å². The first-order chi connectivity index (χ1) is 14.3. The number of ether oxygens (including phenoxy) is 1. The largest absolute Gasteiger partial charge is 0.484 e. The van der Waals surface area contributed by atoms with Gasteiger partial charge in [0.1, 0.15) is 25.0 Å². The molecule has 0 bridgehead atoms. The molecule has 30 heavy (non-hydrogen) atoms. The Morgan fingerprint density at radius 1 is 1.03 bits per heavy atom. The Balaban J connectivity index is 1.47. The van der Waals surface area contributed by atoms with Gasteiger partial charge < -0.3 is 9.64 Å². The number of amides is 1. The van der Waals surface area contributed by atoms with E-state index in [-0.39, 0.29) is 18.3 Å². The topological polar surface area (TPSA) is 64.0 Å². The number of rotatable bonds is 6. The second kappa shape index (κ2) is 9.15. The van der Waals surface area contributed by atoms with Crippen LogP contribution in [-0.4, -0.2) is 49.4 Å². The number of aromatic nitrogens is 1. The molecule has 1 N–H and O–H groups in total. The summed E-state index contributed by atoms with van der Waals surface area (Å²) < 4.78 is 43.5. The van der Waals surface area contributed by atoms with E-state index in [2.05, 4.69) is 4.98 Å². The molecule has 0 unspecified atom stereocenters. The van der Waals surface area contributed by atoms with Gasteiger partial charge in [-0.1, -0.05) is 6.92 Å². The van der Waals surface area contributed by atoms with E-state index in [4.69, 9.17) is 4.74 Å². The Morgan fingerprint density at radius 3 is 2.23 bits per heavy atom. The van der Waals surface area contributed by atoms with Crippen LogP contribution in [0.25, 0.3) is 0 Å². The number of ketones is 1. The highest BCUT2D eigenvalue weighted by atomic mass is 19.4. The summed E-state index contributed by atoms with van der Waals surface area (Å²) in [5, 5.41) is 0. The van der Waals surface area contributed by atoms with Gasteiger partial charge in [-0.25, -0.2) is 4.98 Å². The minimum atomic E-state index is -4.38. The van der Waals surface area contributed by atoms with E-state index in [1.54, 1.807) is 36.1 Å². The number of pyridine rings is 1. The average Bonchev–Trinajstić information content (AvgIpc) is 2.77. The van der Waals surface area contributed by atoms with Gasteiger partial charge in [0, 0.05) is 18.1 Å². The first-order valence-corrected chi connectivity index (χ1v) is 9.65. The van der Waals surface area contributed by atoms with Gasteiger partial charge in [-0.3, -0.25) is 14.5 Å². The van der Waals surface area contributed by atoms with Crippen LogP contribution in [0.1, 0.15) is 29.3 Å². The van der Waals surface area contributed by atoms with E-state index in [9.17, 15) is 22.8 Å². The van der Waals surface area contributed by atoms with Crippen LogP contribution in [0.4, 0.5) is 19.0 Å². The zero-order chi connectivity index (χ0) is 21.7. The maximum Gasteiger partial charge on any atom is 0.419 e. The van der Waals surface area contributed by atoms with Crippen LogP contribution in [0.15, 0.2) is 42.6 Å². The molecule has 0 saturated carbocycles. The van der Waals surface area contributed by atoms with Gasteiger partial charge in [-0.05, 0) is 30.3 Å². The third kappa shape index (κ3) is 5.28. The smallest absolute Gasteiger partial charge is 0.419 e. The van der Waals surface area contributed by atoms with Gasteiger partial charge in [0.05, 0.1) is 18.7 Å². The highest BCUT2D eigenvalue weighted by Crippen LogP contribution is 2.28. The average molecular weight is 422 g/mol. The normalized spacial score (nSPS) is 14.5. The van der Waals surface area contributed by atoms with Crippen molar-refractivity contribution in [1.29, 1.82) is 0 Å². The second-order valence-electron chi connectivity index (χ2n) is 6.92. The number of halogens is 3. The highest BCUT2D eigenvalue weighted by molar-refractivity contribution is 5.95. The Hall–Kier alpha value is -3.10. The molecule has 0 aliphatic carbocycles. The predicted molar refractivity (Wildman–Crippen MR) is 103 cm³/mol. The molecule has 0 radical (unpaired) electrons. The van der Waals surface area contributed by atoms with Crippen molar-refractivity contribution in [2.45, 2.75) is 19.5 Å². The van der Waals surface area contributed by atoms with Crippen molar-refractivity contribution >= 4 is 17.5 Å². The van der Waals surface area contributed by atoms with E-state index in [0.717, 1.165) is 12.3 Å². The summed E-state index contributed by atoms with van der Waals surface area (Å²) in [6.45, 7) is 3.57. The summed E-state index contributed by atoms with van der Waals surface area (Å²) in [5.41, 5.74) is -0.128. The van der Waals surface area contributed by atoms with E-state index in [1.807, 2.05) is 4.90 Å². The highest BCUT2D eigenvalue weighted by Gasteiger charge is 2.33. The third-order valence-electron chi connectivity index (χ3n) is 4.96. The molecule has 1 fully saturated rings. The standard InChI is InChI=1S/C21H22F3N3O3/c1-2-18(28)15-3-6-17(7-4-15)30-14-20(29)27-11-9-26(10-12-27)19-8-5-16(13-25-19)21(22,23)24/h3-8,13H,2,9-12,14H2,1H3/p+1. The number of carbonyl (C=O) groups excluding carboxylic acids is 2. The van der Waals surface area contributed by atoms with Crippen LogP contribution < -0.4 is 14.6 Å². The van der Waals surface area contributed by atoms with Crippen LogP contribution in [-0.2, 0) is 11.0 Å². The summed E-state index contributed by atoms with van der Waals surface area (Å²) in [7, 11) is 0. The number of aromatic amines is 1. The molecule has 0 spiro atoms. The van der Waals surface area contributed by atoms with Crippen LogP contribution in [0, 0.1) is 0 Å². The van der Waals surface area contributed by atoms with Gasteiger partial charge in [0.25, 0.3) is 11.7 Å². The number of H-pyrrole nitrogens is 1. The molecule has 1 aromatic carbocycles. The summed E-state index contributed by atoms with van der Waals surface area (Å²) in [4.78, 5) is 30.2. The van der Waals surface area contributed by atoms with Gasteiger partial charge in [-0.15, -0.1) is 0 Å². The summed E-state index contributed by atoms with van der Waals surface area (Å²) in [5.74, 6) is 0.961. The molecule has 0 atom stereocenters. The number of carbonyl (C=O) groups is 2. The number of hydrogen-bond donors (Lipinski definition) is 0. The number of nitrogens with zero attached hydrogens (tertiary/aromatic N) is 2. The molecule has 160 valence electrons. The lowest BCUT2D eigenvalue weighted by Gasteiger charge is -2.31. The quantitative estimate of drug-likeness (QED) is 0.672. The Labute approximate surface area is 172 Å². The Kier molecular flexibility index (Phi) is 6.59. The monoisotopic (exact) mass is 422 g/mol. The van der Waals surface area contributed by atoms with Crippen molar-refractivity contribution in [2.75, 3.05) is 37.7 Å². The molecule has 1 aliphatic rings. The molecule has 1 amide bonds. The van der Waals surface area contributed by atoms with E-state index >= 15 is 0 Å². The molecular formula is C21H23F3N3O3+. The van der Waals surface area contributed by atoms with Crippen LogP contribution in [0.5, 0.6) is 5.75 Å². The first kappa shape index (κ1) is 21.6. The molecule has 2 heterocycles. The lowest BCUT2D eigenvalue weighted by Crippen LogP contribution is -2.51. The number of benzene rings is 1. The summed E-state index contributed by atoms with van der Waals surface area (Å²) in [6, 6.07) is 9.10. The maximum atomic E-state index is 12.7. The number of piperazine rings is 1. The minimum Gasteiger partial charge on any atom is -0.484 e. The minimum absolute atomic E-state index is 0.0424. The number of anilines is 1. The zero-order valence-electron chi connectivity index (χ0n) is 16.5.